The van der Waals surface area contributed by atoms with Gasteiger partial charge in [-0.05, 0) is 167 Å². The lowest BCUT2D eigenvalue weighted by Crippen LogP contribution is -2.10. The lowest BCUT2D eigenvalue weighted by atomic mass is 9.76. The van der Waals surface area contributed by atoms with E-state index in [0.717, 1.165) is 32.1 Å². The van der Waals surface area contributed by atoms with Crippen LogP contribution in [-0.4, -0.2) is 0 Å². The van der Waals surface area contributed by atoms with E-state index >= 15 is 0 Å². The molecule has 2 atom stereocenters. The molecule has 0 heterocycles. The number of hydrogen-bond acceptors (Lipinski definition) is 0. The van der Waals surface area contributed by atoms with Crippen molar-refractivity contribution in [3.8, 4) is 55.6 Å². The van der Waals surface area contributed by atoms with E-state index in [2.05, 4.69) is 256 Å². The second-order valence-corrected chi connectivity index (χ2v) is 20.0. The van der Waals surface area contributed by atoms with Gasteiger partial charge in [0.05, 0.1) is 0 Å². The fourth-order valence-electron chi connectivity index (χ4n) is 12.6. The molecule has 0 amide bonds. The topological polar surface area (TPSA) is 0 Å². The Kier molecular flexibility index (Phi) is 14.9. The van der Waals surface area contributed by atoms with Crippen LogP contribution in [0.3, 0.4) is 0 Å². The number of benzene rings is 8. The second-order valence-electron chi connectivity index (χ2n) is 20.0. The second kappa shape index (κ2) is 22.7. The fourth-order valence-corrected chi connectivity index (χ4v) is 12.6. The van der Waals surface area contributed by atoms with Gasteiger partial charge < -0.3 is 0 Å². The molecule has 0 nitrogen and oxygen atoms in total. The molecule has 2 unspecified atom stereocenters. The van der Waals surface area contributed by atoms with E-state index in [4.69, 9.17) is 0 Å². The molecule has 1 fully saturated rings. The van der Waals surface area contributed by atoms with E-state index in [1.165, 1.54) is 128 Å². The lowest BCUT2D eigenvalue weighted by molar-refractivity contribution is 0.785. The van der Waals surface area contributed by atoms with Crippen molar-refractivity contribution in [3.63, 3.8) is 0 Å². The minimum atomic E-state index is 0.265. The summed E-state index contributed by atoms with van der Waals surface area (Å²) in [6.45, 7) is 10.4. The van der Waals surface area contributed by atoms with Gasteiger partial charge >= 0.3 is 0 Å². The first-order chi connectivity index (χ1) is 37.7. The van der Waals surface area contributed by atoms with Gasteiger partial charge in [-0.15, -0.1) is 0 Å². The Balaban J connectivity index is 0.00000151. The van der Waals surface area contributed by atoms with Crippen LogP contribution in [0.4, 0.5) is 0 Å². The molecule has 8 aromatic rings. The normalized spacial score (nSPS) is 20.4. The summed E-state index contributed by atoms with van der Waals surface area (Å²) in [4.78, 5) is 0. The van der Waals surface area contributed by atoms with Gasteiger partial charge in [0.2, 0.25) is 0 Å². The van der Waals surface area contributed by atoms with Crippen LogP contribution < -0.4 is 0 Å². The van der Waals surface area contributed by atoms with Crippen molar-refractivity contribution < 1.29 is 0 Å². The molecule has 5 aliphatic rings. The quantitative estimate of drug-likeness (QED) is 0.149. The maximum Gasteiger partial charge on any atom is 0.0145 e. The van der Waals surface area contributed by atoms with Gasteiger partial charge in [-0.2, -0.15) is 0 Å². The Hall–Kier alpha value is -8.32. The van der Waals surface area contributed by atoms with Gasteiger partial charge in [-0.1, -0.05) is 277 Å². The Labute approximate surface area is 453 Å². The van der Waals surface area contributed by atoms with Crippen LogP contribution in [0, 0.1) is 5.92 Å². The van der Waals surface area contributed by atoms with Gasteiger partial charge in [0, 0.05) is 11.8 Å². The number of fused-ring (bicyclic) bond motifs is 9. The average molecular weight is 981 g/mol. The van der Waals surface area contributed by atoms with E-state index < -0.39 is 0 Å². The molecule has 5 aliphatic carbocycles. The minimum absolute atomic E-state index is 0.265. The van der Waals surface area contributed by atoms with Crippen molar-refractivity contribution in [1.82, 2.24) is 0 Å². The largest absolute Gasteiger partial charge is 0.0804 e. The molecule has 8 aromatic carbocycles. The number of hydrogen-bond donors (Lipinski definition) is 0. The van der Waals surface area contributed by atoms with Gasteiger partial charge in [0.1, 0.15) is 0 Å². The monoisotopic (exact) mass is 981 g/mol. The Morgan fingerprint density at radius 3 is 1.68 bits per heavy atom. The summed E-state index contributed by atoms with van der Waals surface area (Å²) in [5.41, 5.74) is 31.1. The zero-order valence-electron chi connectivity index (χ0n) is 44.9. The van der Waals surface area contributed by atoms with Gasteiger partial charge in [0.15, 0.2) is 0 Å². The van der Waals surface area contributed by atoms with Crippen LogP contribution in [0.2, 0.25) is 0 Å². The van der Waals surface area contributed by atoms with Crippen molar-refractivity contribution in [3.05, 3.63) is 310 Å². The maximum atomic E-state index is 2.62. The first-order valence-electron chi connectivity index (χ1n) is 28.0. The van der Waals surface area contributed by atoms with E-state index in [1.807, 2.05) is 27.7 Å². The minimum Gasteiger partial charge on any atom is -0.0804 e. The van der Waals surface area contributed by atoms with Crippen LogP contribution in [-0.2, 0) is 6.42 Å². The molecule has 2 bridgehead atoms. The molecule has 0 aromatic heterocycles. The summed E-state index contributed by atoms with van der Waals surface area (Å²) in [5.74, 6) is 0.592. The van der Waals surface area contributed by atoms with Crippen LogP contribution in [0.25, 0.3) is 66.8 Å². The van der Waals surface area contributed by atoms with Crippen LogP contribution >= 0.6 is 0 Å². The third-order valence-electron chi connectivity index (χ3n) is 15.9. The van der Waals surface area contributed by atoms with Gasteiger partial charge in [-0.3, -0.25) is 0 Å². The van der Waals surface area contributed by atoms with Crippen LogP contribution in [0.1, 0.15) is 99.6 Å². The van der Waals surface area contributed by atoms with Gasteiger partial charge in [-0.25, -0.2) is 0 Å². The summed E-state index contributed by atoms with van der Waals surface area (Å²) in [7, 11) is 0. The molecule has 0 heteroatoms. The standard InChI is InChI=1S/C72H56.2C2H6/c1-48-57-34-16-15-31-54-45-69-63-43-42-56(71-59(51-26-10-4-11-27-51)37-20-38-60(71)52-28-12-5-13-29-52)46-68(63)65-41-21-40-64(72(65)69)67(54)47-66(48)62-35-17-14-30-53(32-18-39-61(57)62)70-55(44-49-22-6-2-7-23-49)33-19-36-58(70)50-24-8-3-9-25-50;2*1-2/h2-16,19-30,32-43,46-48,69H,17-18,31,44-45H2,1H3;2*1-2H3/b16-15-,30-14-,53-32+,57-34+,61-39-,62-35?,66-47+;;. The predicted octanol–water partition coefficient (Wildman–Crippen LogP) is 21.0. The molecular weight excluding hydrogens is 913 g/mol. The highest BCUT2D eigenvalue weighted by molar-refractivity contribution is 5.98. The molecule has 0 radical (unpaired) electrons. The summed E-state index contributed by atoms with van der Waals surface area (Å²) in [6, 6.07) is 71.8. The highest BCUT2D eigenvalue weighted by atomic mass is 14.4. The first kappa shape index (κ1) is 49.9. The summed E-state index contributed by atoms with van der Waals surface area (Å²) in [5, 5.41) is 0. The third kappa shape index (κ3) is 9.43. The molecule has 0 saturated heterocycles. The van der Waals surface area contributed by atoms with Crippen LogP contribution in [0.15, 0.2) is 277 Å². The maximum absolute atomic E-state index is 2.62. The molecule has 0 aliphatic heterocycles. The van der Waals surface area contributed by atoms with Crippen LogP contribution in [0.5, 0.6) is 0 Å². The average Bonchev–Trinajstić information content (AvgIpc) is 4.06. The van der Waals surface area contributed by atoms with E-state index in [9.17, 15) is 0 Å². The number of rotatable bonds is 7. The van der Waals surface area contributed by atoms with Gasteiger partial charge in [0.25, 0.3) is 0 Å². The summed E-state index contributed by atoms with van der Waals surface area (Å²) >= 11 is 0. The molecule has 76 heavy (non-hydrogen) atoms. The smallest absolute Gasteiger partial charge is 0.0145 e. The molecule has 0 N–H and O–H groups in total. The van der Waals surface area contributed by atoms with E-state index in [1.54, 1.807) is 0 Å². The highest BCUT2D eigenvalue weighted by Crippen LogP contribution is 2.57. The lowest BCUT2D eigenvalue weighted by Gasteiger charge is -2.28. The number of allylic oxidation sites excluding steroid dienone is 16. The fraction of sp³-hybridized carbons (Fsp3) is 0.158. The zero-order valence-corrected chi connectivity index (χ0v) is 44.9. The Morgan fingerprint density at radius 1 is 0.461 bits per heavy atom. The highest BCUT2D eigenvalue weighted by Gasteiger charge is 2.38. The zero-order chi connectivity index (χ0) is 52.0. The van der Waals surface area contributed by atoms with Crippen molar-refractivity contribution in [1.29, 1.82) is 0 Å². The van der Waals surface area contributed by atoms with Crippen molar-refractivity contribution in [2.75, 3.05) is 0 Å². The Morgan fingerprint density at radius 2 is 1.03 bits per heavy atom. The molecule has 0 spiro atoms. The molecule has 1 saturated carbocycles. The first-order valence-corrected chi connectivity index (χ1v) is 28.0. The molecule has 372 valence electrons. The Bertz CT molecular complexity index is 3620. The predicted molar refractivity (Wildman–Crippen MR) is 327 cm³/mol. The summed E-state index contributed by atoms with van der Waals surface area (Å²) < 4.78 is 0. The van der Waals surface area contributed by atoms with Crippen molar-refractivity contribution >= 4 is 11.1 Å². The van der Waals surface area contributed by atoms with E-state index in [0.29, 0.717) is 5.92 Å². The SMILES string of the molecule is CC.CC.CC1/C2=C\C3=C(C\C=C/C=C1/C1=C/C/C=C(c4c(Cc5ccccc5)cccc4-c4ccccc4)\C=C/CC=C12)CC1c2ccc(-c4c(-c5ccccc5)cccc4-c4ccccc4)cc2-c2cccc3c21. The molecule has 13 rings (SSSR count). The molecular formula is C76H68. The third-order valence-corrected chi connectivity index (χ3v) is 15.9. The summed E-state index contributed by atoms with van der Waals surface area (Å²) in [6.07, 6.45) is 26.6. The van der Waals surface area contributed by atoms with Crippen molar-refractivity contribution in [2.45, 2.75) is 72.6 Å². The van der Waals surface area contributed by atoms with E-state index in [-0.39, 0.29) is 5.92 Å². The van der Waals surface area contributed by atoms with Crippen molar-refractivity contribution in [2.24, 2.45) is 5.92 Å².